The molecule has 0 spiro atoms. The van der Waals surface area contributed by atoms with Crippen LogP contribution >= 0.6 is 27.3 Å². The first-order chi connectivity index (χ1) is 10.2. The highest BCUT2D eigenvalue weighted by molar-refractivity contribution is 9.10. The van der Waals surface area contributed by atoms with Crippen molar-refractivity contribution in [3.8, 4) is 11.3 Å². The number of thiazole rings is 1. The van der Waals surface area contributed by atoms with Crippen molar-refractivity contribution >= 4 is 33.0 Å². The second-order valence-electron chi connectivity index (χ2n) is 4.61. The minimum absolute atomic E-state index is 0.710. The Morgan fingerprint density at radius 3 is 2.67 bits per heavy atom. The average Bonchev–Trinajstić information content (AvgIpc) is 2.96. The lowest BCUT2D eigenvalue weighted by atomic mass is 10.2. The third-order valence-electron chi connectivity index (χ3n) is 3.10. The average molecular weight is 360 g/mol. The summed E-state index contributed by atoms with van der Waals surface area (Å²) in [7, 11) is 0. The second kappa shape index (κ2) is 6.37. The van der Waals surface area contributed by atoms with Crippen molar-refractivity contribution in [3.05, 3.63) is 63.1 Å². The van der Waals surface area contributed by atoms with E-state index in [4.69, 9.17) is 0 Å². The Labute approximate surface area is 136 Å². The van der Waals surface area contributed by atoms with Crippen LogP contribution in [0.4, 0.5) is 5.69 Å². The molecule has 0 saturated heterocycles. The fourth-order valence-electron chi connectivity index (χ4n) is 2.02. The molecule has 3 nitrogen and oxygen atoms in total. The van der Waals surface area contributed by atoms with Gasteiger partial charge in [-0.2, -0.15) is 0 Å². The van der Waals surface area contributed by atoms with E-state index >= 15 is 0 Å². The molecule has 0 unspecified atom stereocenters. The SMILES string of the molecule is Cc1nc(Br)ccc1NCc1nc(-c2ccccc2)cs1. The summed E-state index contributed by atoms with van der Waals surface area (Å²) in [6, 6.07) is 14.2. The van der Waals surface area contributed by atoms with Crippen LogP contribution < -0.4 is 5.32 Å². The van der Waals surface area contributed by atoms with Crippen molar-refractivity contribution in [2.45, 2.75) is 13.5 Å². The number of nitrogens with zero attached hydrogens (tertiary/aromatic N) is 2. The van der Waals surface area contributed by atoms with E-state index in [1.807, 2.05) is 37.3 Å². The predicted octanol–water partition coefficient (Wildman–Crippen LogP) is 4.89. The van der Waals surface area contributed by atoms with Crippen LogP contribution in [0.1, 0.15) is 10.7 Å². The molecule has 0 radical (unpaired) electrons. The Balaban J connectivity index is 1.70. The molecule has 0 fully saturated rings. The quantitative estimate of drug-likeness (QED) is 0.674. The molecule has 3 rings (SSSR count). The van der Waals surface area contributed by atoms with Gasteiger partial charge < -0.3 is 5.32 Å². The largest absolute Gasteiger partial charge is 0.377 e. The summed E-state index contributed by atoms with van der Waals surface area (Å²) < 4.78 is 0.853. The smallest absolute Gasteiger partial charge is 0.112 e. The summed E-state index contributed by atoms with van der Waals surface area (Å²) >= 11 is 5.04. The zero-order valence-corrected chi connectivity index (χ0v) is 13.9. The molecule has 1 N–H and O–H groups in total. The van der Waals surface area contributed by atoms with E-state index < -0.39 is 0 Å². The Morgan fingerprint density at radius 2 is 1.90 bits per heavy atom. The molecule has 1 aromatic carbocycles. The Morgan fingerprint density at radius 1 is 1.10 bits per heavy atom. The molecular formula is C16H14BrN3S. The third kappa shape index (κ3) is 3.49. The van der Waals surface area contributed by atoms with Gasteiger partial charge in [0.15, 0.2) is 0 Å². The highest BCUT2D eigenvalue weighted by Gasteiger charge is 2.05. The van der Waals surface area contributed by atoms with Gasteiger partial charge in [0.05, 0.1) is 23.6 Å². The number of anilines is 1. The summed E-state index contributed by atoms with van der Waals surface area (Å²) in [5.74, 6) is 0. The van der Waals surface area contributed by atoms with Gasteiger partial charge in [-0.3, -0.25) is 0 Å². The van der Waals surface area contributed by atoms with Crippen molar-refractivity contribution in [1.29, 1.82) is 0 Å². The minimum Gasteiger partial charge on any atom is -0.377 e. The van der Waals surface area contributed by atoms with E-state index in [0.717, 1.165) is 32.2 Å². The van der Waals surface area contributed by atoms with Crippen molar-refractivity contribution in [1.82, 2.24) is 9.97 Å². The molecule has 3 aromatic rings. The Hall–Kier alpha value is -1.72. The van der Waals surface area contributed by atoms with Gasteiger partial charge in [-0.15, -0.1) is 11.3 Å². The zero-order chi connectivity index (χ0) is 14.7. The summed E-state index contributed by atoms with van der Waals surface area (Å²) in [5, 5.41) is 6.55. The number of halogens is 1. The standard InChI is InChI=1S/C16H14BrN3S/c1-11-13(7-8-15(17)19-11)18-9-16-20-14(10-21-16)12-5-3-2-4-6-12/h2-8,10,18H,9H2,1H3. The Bertz CT molecular complexity index is 740. The van der Waals surface area contributed by atoms with E-state index in [2.05, 4.69) is 48.7 Å². The van der Waals surface area contributed by atoms with E-state index in [9.17, 15) is 0 Å². The molecule has 0 aliphatic heterocycles. The molecule has 2 heterocycles. The van der Waals surface area contributed by atoms with Gasteiger partial charge in [-0.1, -0.05) is 30.3 Å². The predicted molar refractivity (Wildman–Crippen MR) is 91.6 cm³/mol. The highest BCUT2D eigenvalue weighted by atomic mass is 79.9. The van der Waals surface area contributed by atoms with Crippen LogP contribution in [0.5, 0.6) is 0 Å². The van der Waals surface area contributed by atoms with Crippen LogP contribution in [-0.4, -0.2) is 9.97 Å². The maximum absolute atomic E-state index is 4.67. The van der Waals surface area contributed by atoms with Crippen LogP contribution in [-0.2, 0) is 6.54 Å². The van der Waals surface area contributed by atoms with Crippen molar-refractivity contribution in [3.63, 3.8) is 0 Å². The number of hydrogen-bond acceptors (Lipinski definition) is 4. The van der Waals surface area contributed by atoms with Crippen molar-refractivity contribution in [2.24, 2.45) is 0 Å². The van der Waals surface area contributed by atoms with Crippen LogP contribution in [0.3, 0.4) is 0 Å². The minimum atomic E-state index is 0.710. The summed E-state index contributed by atoms with van der Waals surface area (Å²) in [4.78, 5) is 9.04. The molecular weight excluding hydrogens is 346 g/mol. The van der Waals surface area contributed by atoms with Gasteiger partial charge in [0, 0.05) is 10.9 Å². The van der Waals surface area contributed by atoms with Gasteiger partial charge in [-0.25, -0.2) is 9.97 Å². The maximum Gasteiger partial charge on any atom is 0.112 e. The van der Waals surface area contributed by atoms with E-state index in [1.54, 1.807) is 11.3 Å². The first kappa shape index (κ1) is 14.2. The monoisotopic (exact) mass is 359 g/mol. The lowest BCUT2D eigenvalue weighted by Gasteiger charge is -2.07. The van der Waals surface area contributed by atoms with E-state index in [0.29, 0.717) is 6.54 Å². The molecule has 5 heteroatoms. The van der Waals surface area contributed by atoms with Crippen LogP contribution in [0.2, 0.25) is 0 Å². The highest BCUT2D eigenvalue weighted by Crippen LogP contribution is 2.23. The molecule has 0 aliphatic carbocycles. The maximum atomic E-state index is 4.67. The van der Waals surface area contributed by atoms with E-state index in [-0.39, 0.29) is 0 Å². The summed E-state index contributed by atoms with van der Waals surface area (Å²) in [6.45, 7) is 2.70. The Kier molecular flexibility index (Phi) is 4.31. The number of aromatic nitrogens is 2. The number of aryl methyl sites for hydroxylation is 1. The van der Waals surface area contributed by atoms with E-state index in [1.165, 1.54) is 0 Å². The second-order valence-corrected chi connectivity index (χ2v) is 6.37. The van der Waals surface area contributed by atoms with Gasteiger partial charge in [0.25, 0.3) is 0 Å². The van der Waals surface area contributed by atoms with Crippen LogP contribution in [0.25, 0.3) is 11.3 Å². The lowest BCUT2D eigenvalue weighted by Crippen LogP contribution is -2.01. The number of benzene rings is 1. The first-order valence-corrected chi connectivity index (χ1v) is 8.26. The molecule has 0 aliphatic rings. The first-order valence-electron chi connectivity index (χ1n) is 6.59. The molecule has 0 saturated carbocycles. The van der Waals surface area contributed by atoms with Gasteiger partial charge >= 0.3 is 0 Å². The van der Waals surface area contributed by atoms with Gasteiger partial charge in [0.1, 0.15) is 9.61 Å². The number of pyridine rings is 1. The third-order valence-corrected chi connectivity index (χ3v) is 4.39. The lowest BCUT2D eigenvalue weighted by molar-refractivity contribution is 1.07. The molecule has 2 aromatic heterocycles. The van der Waals surface area contributed by atoms with Crippen LogP contribution in [0, 0.1) is 6.92 Å². The van der Waals surface area contributed by atoms with Crippen molar-refractivity contribution in [2.75, 3.05) is 5.32 Å². The fourth-order valence-corrected chi connectivity index (χ4v) is 3.16. The zero-order valence-electron chi connectivity index (χ0n) is 11.5. The fraction of sp³-hybridized carbons (Fsp3) is 0.125. The molecule has 21 heavy (non-hydrogen) atoms. The number of rotatable bonds is 4. The molecule has 0 atom stereocenters. The normalized spacial score (nSPS) is 10.6. The molecule has 0 amide bonds. The topological polar surface area (TPSA) is 37.8 Å². The number of nitrogens with one attached hydrogen (secondary N) is 1. The van der Waals surface area contributed by atoms with Gasteiger partial charge in [-0.05, 0) is 35.0 Å². The molecule has 0 bridgehead atoms. The van der Waals surface area contributed by atoms with Gasteiger partial charge in [0.2, 0.25) is 0 Å². The van der Waals surface area contributed by atoms with Crippen molar-refractivity contribution < 1.29 is 0 Å². The number of hydrogen-bond donors (Lipinski definition) is 1. The summed E-state index contributed by atoms with van der Waals surface area (Å²) in [6.07, 6.45) is 0. The van der Waals surface area contributed by atoms with Crippen LogP contribution in [0.15, 0.2) is 52.4 Å². The molecule has 106 valence electrons. The summed E-state index contributed by atoms with van der Waals surface area (Å²) in [5.41, 5.74) is 4.20.